The minimum absolute atomic E-state index is 0.0366. The molecule has 0 N–H and O–H groups in total. The van der Waals surface area contributed by atoms with Crippen LogP contribution in [0.3, 0.4) is 0 Å². The molecular formula is C14H21N3O3. The number of nitrogens with zero attached hydrogens (tertiary/aromatic N) is 3. The zero-order valence-corrected chi connectivity index (χ0v) is 12.4. The van der Waals surface area contributed by atoms with Crippen LogP contribution in [0.5, 0.6) is 0 Å². The van der Waals surface area contributed by atoms with Crippen LogP contribution in [0.25, 0.3) is 0 Å². The van der Waals surface area contributed by atoms with E-state index in [1.165, 1.54) is 11.3 Å². The Balaban J connectivity index is 2.24. The first-order chi connectivity index (χ1) is 9.43. The van der Waals surface area contributed by atoms with Crippen molar-refractivity contribution in [3.63, 3.8) is 0 Å². The summed E-state index contributed by atoms with van der Waals surface area (Å²) in [6.45, 7) is 4.49. The highest BCUT2D eigenvalue weighted by Crippen LogP contribution is 2.25. The van der Waals surface area contributed by atoms with E-state index in [1.807, 2.05) is 13.8 Å². The van der Waals surface area contributed by atoms with Crippen molar-refractivity contribution in [1.82, 2.24) is 14.8 Å². The summed E-state index contributed by atoms with van der Waals surface area (Å²) in [6.07, 6.45) is 2.84. The highest BCUT2D eigenvalue weighted by Gasteiger charge is 2.37. The summed E-state index contributed by atoms with van der Waals surface area (Å²) in [5.74, 6) is 0.422. The zero-order chi connectivity index (χ0) is 14.9. The van der Waals surface area contributed by atoms with Gasteiger partial charge in [-0.25, -0.2) is 4.98 Å². The van der Waals surface area contributed by atoms with E-state index >= 15 is 0 Å². The quantitative estimate of drug-likeness (QED) is 0.840. The summed E-state index contributed by atoms with van der Waals surface area (Å²) in [5, 5.41) is 0. The third-order valence-electron chi connectivity index (χ3n) is 3.56. The van der Waals surface area contributed by atoms with Gasteiger partial charge in [-0.2, -0.15) is 0 Å². The summed E-state index contributed by atoms with van der Waals surface area (Å²) in [7, 11) is 3.41. The van der Waals surface area contributed by atoms with Crippen LogP contribution >= 0.6 is 0 Å². The molecule has 2 amide bonds. The molecule has 1 aromatic heterocycles. The van der Waals surface area contributed by atoms with Gasteiger partial charge in [-0.05, 0) is 12.8 Å². The monoisotopic (exact) mass is 279 g/mol. The molecule has 0 aromatic carbocycles. The van der Waals surface area contributed by atoms with Crippen LogP contribution in [-0.2, 0) is 4.79 Å². The Labute approximate surface area is 118 Å². The van der Waals surface area contributed by atoms with E-state index in [0.29, 0.717) is 24.4 Å². The van der Waals surface area contributed by atoms with Crippen molar-refractivity contribution in [2.24, 2.45) is 0 Å². The Hall–Kier alpha value is -1.85. The van der Waals surface area contributed by atoms with E-state index in [9.17, 15) is 9.59 Å². The van der Waals surface area contributed by atoms with E-state index in [1.54, 1.807) is 19.0 Å². The molecule has 1 unspecified atom stereocenters. The lowest BCUT2D eigenvalue weighted by atomic mass is 10.1. The Bertz CT molecular complexity index is 508. The number of aromatic nitrogens is 1. The van der Waals surface area contributed by atoms with E-state index in [0.717, 1.165) is 6.42 Å². The maximum absolute atomic E-state index is 12.6. The molecule has 20 heavy (non-hydrogen) atoms. The Morgan fingerprint density at radius 1 is 1.45 bits per heavy atom. The van der Waals surface area contributed by atoms with Gasteiger partial charge in [0.2, 0.25) is 5.91 Å². The molecule has 0 saturated carbocycles. The fourth-order valence-corrected chi connectivity index (χ4v) is 2.53. The van der Waals surface area contributed by atoms with Crippen LogP contribution in [0.1, 0.15) is 48.9 Å². The van der Waals surface area contributed by atoms with Crippen molar-refractivity contribution >= 4 is 11.8 Å². The lowest BCUT2D eigenvalue weighted by Gasteiger charge is -2.25. The molecule has 1 aromatic rings. The normalized spacial score (nSPS) is 18.6. The molecule has 0 spiro atoms. The van der Waals surface area contributed by atoms with E-state index < -0.39 is 0 Å². The fourth-order valence-electron chi connectivity index (χ4n) is 2.53. The smallest absolute Gasteiger partial charge is 0.276 e. The molecule has 2 heterocycles. The topological polar surface area (TPSA) is 66.7 Å². The number of amides is 2. The van der Waals surface area contributed by atoms with Gasteiger partial charge >= 0.3 is 0 Å². The van der Waals surface area contributed by atoms with Gasteiger partial charge in [0.1, 0.15) is 11.8 Å². The first kappa shape index (κ1) is 14.6. The molecule has 1 saturated heterocycles. The number of likely N-dealkylation sites (tertiary alicyclic amines) is 1. The summed E-state index contributed by atoms with van der Waals surface area (Å²) >= 11 is 0. The number of carbonyl (C=O) groups is 2. The van der Waals surface area contributed by atoms with E-state index in [2.05, 4.69) is 4.98 Å². The van der Waals surface area contributed by atoms with Crippen molar-refractivity contribution in [2.45, 2.75) is 38.6 Å². The Morgan fingerprint density at radius 2 is 2.15 bits per heavy atom. The van der Waals surface area contributed by atoms with E-state index in [-0.39, 0.29) is 23.8 Å². The molecule has 0 bridgehead atoms. The standard InChI is InChI=1S/C14H21N3O3/c1-9(2)12-11(15-8-20-12)14(19)17-7-5-6-10(17)13(18)16(3)4/h8-10H,5-7H2,1-4H3. The van der Waals surface area contributed by atoms with Gasteiger partial charge in [0, 0.05) is 26.6 Å². The highest BCUT2D eigenvalue weighted by atomic mass is 16.3. The summed E-state index contributed by atoms with van der Waals surface area (Å²) in [5.41, 5.74) is 0.332. The lowest BCUT2D eigenvalue weighted by Crippen LogP contribution is -2.45. The average Bonchev–Trinajstić information content (AvgIpc) is 3.05. The molecule has 2 rings (SSSR count). The van der Waals surface area contributed by atoms with Crippen LogP contribution in [-0.4, -0.2) is 53.3 Å². The summed E-state index contributed by atoms with van der Waals surface area (Å²) < 4.78 is 5.30. The van der Waals surface area contributed by atoms with E-state index in [4.69, 9.17) is 4.42 Å². The predicted octanol–water partition coefficient (Wildman–Crippen LogP) is 1.49. The fraction of sp³-hybridized carbons (Fsp3) is 0.643. The SMILES string of the molecule is CC(C)c1ocnc1C(=O)N1CCCC1C(=O)N(C)C. The summed E-state index contributed by atoms with van der Waals surface area (Å²) in [6, 6.07) is -0.380. The Morgan fingerprint density at radius 3 is 2.75 bits per heavy atom. The molecular weight excluding hydrogens is 258 g/mol. The van der Waals surface area contributed by atoms with Gasteiger partial charge in [0.05, 0.1) is 0 Å². The Kier molecular flexibility index (Phi) is 4.11. The minimum Gasteiger partial charge on any atom is -0.447 e. The predicted molar refractivity (Wildman–Crippen MR) is 73.3 cm³/mol. The molecule has 1 aliphatic rings. The van der Waals surface area contributed by atoms with Gasteiger partial charge in [0.15, 0.2) is 12.1 Å². The average molecular weight is 279 g/mol. The zero-order valence-electron chi connectivity index (χ0n) is 12.4. The van der Waals surface area contributed by atoms with Crippen LogP contribution in [0, 0.1) is 0 Å². The molecule has 0 radical (unpaired) electrons. The van der Waals surface area contributed by atoms with Crippen LogP contribution < -0.4 is 0 Å². The number of rotatable bonds is 3. The number of hydrogen-bond acceptors (Lipinski definition) is 4. The molecule has 1 fully saturated rings. The highest BCUT2D eigenvalue weighted by molar-refractivity contribution is 5.97. The van der Waals surface area contributed by atoms with Crippen molar-refractivity contribution in [3.8, 4) is 0 Å². The van der Waals surface area contributed by atoms with Crippen molar-refractivity contribution in [2.75, 3.05) is 20.6 Å². The third kappa shape index (κ3) is 2.55. The van der Waals surface area contributed by atoms with Crippen molar-refractivity contribution in [3.05, 3.63) is 17.8 Å². The van der Waals surface area contributed by atoms with Gasteiger partial charge in [-0.3, -0.25) is 9.59 Å². The van der Waals surface area contributed by atoms with Gasteiger partial charge in [0.25, 0.3) is 5.91 Å². The molecule has 1 aliphatic heterocycles. The summed E-state index contributed by atoms with van der Waals surface area (Å²) in [4.78, 5) is 31.9. The van der Waals surface area contributed by atoms with Crippen LogP contribution in [0.4, 0.5) is 0 Å². The van der Waals surface area contributed by atoms with Gasteiger partial charge in [-0.1, -0.05) is 13.8 Å². The maximum Gasteiger partial charge on any atom is 0.276 e. The van der Waals surface area contributed by atoms with Gasteiger partial charge < -0.3 is 14.2 Å². The maximum atomic E-state index is 12.6. The lowest BCUT2D eigenvalue weighted by molar-refractivity contribution is -0.132. The molecule has 6 nitrogen and oxygen atoms in total. The van der Waals surface area contributed by atoms with Crippen LogP contribution in [0.15, 0.2) is 10.8 Å². The first-order valence-corrected chi connectivity index (χ1v) is 6.89. The number of oxazole rings is 1. The molecule has 6 heteroatoms. The molecule has 110 valence electrons. The third-order valence-corrected chi connectivity index (χ3v) is 3.56. The van der Waals surface area contributed by atoms with Crippen molar-refractivity contribution < 1.29 is 14.0 Å². The van der Waals surface area contributed by atoms with Gasteiger partial charge in [-0.15, -0.1) is 0 Å². The second-order valence-corrected chi connectivity index (χ2v) is 5.61. The number of hydrogen-bond donors (Lipinski definition) is 0. The first-order valence-electron chi connectivity index (χ1n) is 6.89. The number of likely N-dealkylation sites (N-methyl/N-ethyl adjacent to an activating group) is 1. The molecule has 0 aliphatic carbocycles. The van der Waals surface area contributed by atoms with Crippen LogP contribution in [0.2, 0.25) is 0 Å². The number of carbonyl (C=O) groups excluding carboxylic acids is 2. The second kappa shape index (κ2) is 5.64. The largest absolute Gasteiger partial charge is 0.447 e. The van der Waals surface area contributed by atoms with Crippen molar-refractivity contribution in [1.29, 1.82) is 0 Å². The minimum atomic E-state index is -0.380. The second-order valence-electron chi connectivity index (χ2n) is 5.61. The molecule has 1 atom stereocenters.